The molecule has 4 nitrogen and oxygen atoms in total. The minimum absolute atomic E-state index is 0.00755. The summed E-state index contributed by atoms with van der Waals surface area (Å²) < 4.78 is 27.0. The topological polar surface area (TPSA) is 72.2 Å². The van der Waals surface area contributed by atoms with E-state index in [0.717, 1.165) is 5.56 Å². The van der Waals surface area contributed by atoms with Gasteiger partial charge in [0.05, 0.1) is 4.90 Å². The van der Waals surface area contributed by atoms with E-state index in [1.54, 1.807) is 18.2 Å². The number of nitrogens with one attached hydrogen (secondary N) is 1. The van der Waals surface area contributed by atoms with E-state index in [4.69, 9.17) is 28.9 Å². The Bertz CT molecular complexity index is 713. The highest BCUT2D eigenvalue weighted by atomic mass is 35.5. The molecule has 2 aromatic rings. The summed E-state index contributed by atoms with van der Waals surface area (Å²) in [5.41, 5.74) is 6.78. The number of hydrogen-bond acceptors (Lipinski definition) is 3. The zero-order valence-corrected chi connectivity index (χ0v) is 12.6. The maximum atomic E-state index is 12.2. The van der Waals surface area contributed by atoms with Crippen LogP contribution in [-0.4, -0.2) is 8.42 Å². The summed E-state index contributed by atoms with van der Waals surface area (Å²) in [5.74, 6) is 0. The van der Waals surface area contributed by atoms with Crippen LogP contribution in [0.15, 0.2) is 47.4 Å². The van der Waals surface area contributed by atoms with Crippen LogP contribution in [0, 0.1) is 0 Å². The van der Waals surface area contributed by atoms with Gasteiger partial charge in [-0.1, -0.05) is 35.3 Å². The molecular formula is C13H12Cl2N2O2S. The molecule has 2 aromatic carbocycles. The van der Waals surface area contributed by atoms with Crippen LogP contribution in [0.1, 0.15) is 5.56 Å². The Morgan fingerprint density at radius 1 is 1.05 bits per heavy atom. The van der Waals surface area contributed by atoms with Crippen molar-refractivity contribution in [1.29, 1.82) is 0 Å². The zero-order chi connectivity index (χ0) is 14.8. The molecule has 0 amide bonds. The molecule has 0 saturated heterocycles. The summed E-state index contributed by atoms with van der Waals surface area (Å²) in [4.78, 5) is 0.00755. The number of benzene rings is 2. The summed E-state index contributed by atoms with van der Waals surface area (Å²) in [7, 11) is -3.74. The van der Waals surface area contributed by atoms with Crippen molar-refractivity contribution in [2.24, 2.45) is 5.73 Å². The van der Waals surface area contributed by atoms with Gasteiger partial charge < -0.3 is 5.73 Å². The molecule has 0 saturated carbocycles. The van der Waals surface area contributed by atoms with Crippen LogP contribution in [0.5, 0.6) is 0 Å². The standard InChI is InChI=1S/C13H12Cl2N2O2S/c14-10-5-11(15)7-13(6-10)20(18,19)17-12-3-1-2-9(4-12)8-16/h1-7,17H,8,16H2. The van der Waals surface area contributed by atoms with Gasteiger partial charge in [0.25, 0.3) is 10.0 Å². The van der Waals surface area contributed by atoms with Gasteiger partial charge in [0.15, 0.2) is 0 Å². The molecule has 3 N–H and O–H groups in total. The minimum Gasteiger partial charge on any atom is -0.326 e. The van der Waals surface area contributed by atoms with Gasteiger partial charge in [0.2, 0.25) is 0 Å². The van der Waals surface area contributed by atoms with Crippen molar-refractivity contribution in [1.82, 2.24) is 0 Å². The second-order valence-corrected chi connectivity index (χ2v) is 6.67. The highest BCUT2D eigenvalue weighted by Crippen LogP contribution is 2.24. The summed E-state index contributed by atoms with van der Waals surface area (Å²) in [6, 6.07) is 11.0. The van der Waals surface area contributed by atoms with Crippen molar-refractivity contribution in [3.05, 3.63) is 58.1 Å². The number of halogens is 2. The zero-order valence-electron chi connectivity index (χ0n) is 10.3. The van der Waals surface area contributed by atoms with E-state index >= 15 is 0 Å². The lowest BCUT2D eigenvalue weighted by Crippen LogP contribution is -2.13. The maximum absolute atomic E-state index is 12.2. The van der Waals surface area contributed by atoms with E-state index in [0.29, 0.717) is 12.2 Å². The van der Waals surface area contributed by atoms with E-state index in [-0.39, 0.29) is 14.9 Å². The first-order valence-electron chi connectivity index (χ1n) is 5.68. The third-order valence-corrected chi connectivity index (χ3v) is 4.36. The fourth-order valence-corrected chi connectivity index (χ4v) is 3.43. The van der Waals surface area contributed by atoms with Crippen molar-refractivity contribution in [2.75, 3.05) is 4.72 Å². The van der Waals surface area contributed by atoms with Crippen molar-refractivity contribution in [3.8, 4) is 0 Å². The monoisotopic (exact) mass is 330 g/mol. The highest BCUT2D eigenvalue weighted by Gasteiger charge is 2.15. The Morgan fingerprint density at radius 2 is 1.70 bits per heavy atom. The largest absolute Gasteiger partial charge is 0.326 e. The van der Waals surface area contributed by atoms with Gasteiger partial charge in [0, 0.05) is 22.3 Å². The molecule has 0 aliphatic rings. The molecule has 20 heavy (non-hydrogen) atoms. The van der Waals surface area contributed by atoms with Gasteiger partial charge in [-0.15, -0.1) is 0 Å². The number of hydrogen-bond donors (Lipinski definition) is 2. The third kappa shape index (κ3) is 3.64. The van der Waals surface area contributed by atoms with Gasteiger partial charge in [-0.3, -0.25) is 4.72 Å². The predicted molar refractivity (Wildman–Crippen MR) is 81.6 cm³/mol. The molecule has 0 aliphatic heterocycles. The first-order valence-corrected chi connectivity index (χ1v) is 7.92. The van der Waals surface area contributed by atoms with Crippen LogP contribution in [-0.2, 0) is 16.6 Å². The quantitative estimate of drug-likeness (QED) is 0.903. The molecule has 106 valence electrons. The highest BCUT2D eigenvalue weighted by molar-refractivity contribution is 7.92. The van der Waals surface area contributed by atoms with Crippen LogP contribution in [0.3, 0.4) is 0 Å². The number of anilines is 1. The average molecular weight is 331 g/mol. The molecular weight excluding hydrogens is 319 g/mol. The number of nitrogens with two attached hydrogens (primary N) is 1. The van der Waals surface area contributed by atoms with Gasteiger partial charge in [-0.05, 0) is 35.9 Å². The Morgan fingerprint density at radius 3 is 2.30 bits per heavy atom. The average Bonchev–Trinajstić information content (AvgIpc) is 2.37. The Labute approximate surface area is 127 Å². The first-order chi connectivity index (χ1) is 9.40. The van der Waals surface area contributed by atoms with Gasteiger partial charge in [0.1, 0.15) is 0 Å². The normalized spacial score (nSPS) is 11.3. The van der Waals surface area contributed by atoms with Crippen molar-refractivity contribution < 1.29 is 8.42 Å². The SMILES string of the molecule is NCc1cccc(NS(=O)(=O)c2cc(Cl)cc(Cl)c2)c1. The lowest BCUT2D eigenvalue weighted by atomic mass is 10.2. The van der Waals surface area contributed by atoms with E-state index in [1.807, 2.05) is 6.07 Å². The summed E-state index contributed by atoms with van der Waals surface area (Å²) in [6.07, 6.45) is 0. The number of sulfonamides is 1. The van der Waals surface area contributed by atoms with Crippen LogP contribution < -0.4 is 10.5 Å². The molecule has 2 rings (SSSR count). The van der Waals surface area contributed by atoms with Crippen molar-refractivity contribution in [3.63, 3.8) is 0 Å². The van der Waals surface area contributed by atoms with Gasteiger partial charge >= 0.3 is 0 Å². The predicted octanol–water partition coefficient (Wildman–Crippen LogP) is 3.25. The fourth-order valence-electron chi connectivity index (χ4n) is 1.66. The molecule has 0 aliphatic carbocycles. The van der Waals surface area contributed by atoms with E-state index < -0.39 is 10.0 Å². The van der Waals surface area contributed by atoms with Crippen molar-refractivity contribution >= 4 is 38.9 Å². The molecule has 0 unspecified atom stereocenters. The summed E-state index contributed by atoms with van der Waals surface area (Å²) in [5, 5.41) is 0.516. The molecule has 7 heteroatoms. The lowest BCUT2D eigenvalue weighted by molar-refractivity contribution is 0.601. The summed E-state index contributed by atoms with van der Waals surface area (Å²) >= 11 is 11.6. The van der Waals surface area contributed by atoms with Gasteiger partial charge in [-0.25, -0.2) is 8.42 Å². The second-order valence-electron chi connectivity index (χ2n) is 4.12. The van der Waals surface area contributed by atoms with E-state index in [9.17, 15) is 8.42 Å². The third-order valence-electron chi connectivity index (χ3n) is 2.56. The molecule has 0 fully saturated rings. The van der Waals surface area contributed by atoms with Crippen molar-refractivity contribution in [2.45, 2.75) is 11.4 Å². The number of rotatable bonds is 4. The van der Waals surface area contributed by atoms with Crippen LogP contribution in [0.25, 0.3) is 0 Å². The molecule has 0 radical (unpaired) electrons. The fraction of sp³-hybridized carbons (Fsp3) is 0.0769. The maximum Gasteiger partial charge on any atom is 0.261 e. The molecule has 0 aromatic heterocycles. The lowest BCUT2D eigenvalue weighted by Gasteiger charge is -2.09. The second kappa shape index (κ2) is 6.01. The smallest absolute Gasteiger partial charge is 0.261 e. The van der Waals surface area contributed by atoms with Gasteiger partial charge in [-0.2, -0.15) is 0 Å². The van der Waals surface area contributed by atoms with Crippen LogP contribution in [0.2, 0.25) is 10.0 Å². The van der Waals surface area contributed by atoms with Crippen LogP contribution in [0.4, 0.5) is 5.69 Å². The Kier molecular flexibility index (Phi) is 4.55. The molecule has 0 bridgehead atoms. The van der Waals surface area contributed by atoms with Crippen LogP contribution >= 0.6 is 23.2 Å². The molecule has 0 spiro atoms. The van der Waals surface area contributed by atoms with E-state index in [2.05, 4.69) is 4.72 Å². The Balaban J connectivity index is 2.35. The minimum atomic E-state index is -3.74. The Hall–Kier alpha value is -1.27. The molecule has 0 atom stereocenters. The first kappa shape index (κ1) is 15.1. The molecule has 0 heterocycles. The summed E-state index contributed by atoms with van der Waals surface area (Å²) in [6.45, 7) is 0.332. The van der Waals surface area contributed by atoms with E-state index in [1.165, 1.54) is 18.2 Å².